The molecule has 2 unspecified atom stereocenters. The topological polar surface area (TPSA) is 44.5 Å². The number of hydrogen-bond donors (Lipinski definition) is 1. The SMILES string of the molecule is COc1cc(C(C)CCN)c(Cl)c2c1OC(C)C2. The molecule has 100 valence electrons. The smallest absolute Gasteiger partial charge is 0.166 e. The quantitative estimate of drug-likeness (QED) is 0.913. The number of methoxy groups -OCH3 is 1. The Morgan fingerprint density at radius 2 is 2.33 bits per heavy atom. The number of rotatable bonds is 4. The summed E-state index contributed by atoms with van der Waals surface area (Å²) in [6.45, 7) is 4.84. The predicted octanol–water partition coefficient (Wildman–Crippen LogP) is 3.12. The van der Waals surface area contributed by atoms with E-state index in [9.17, 15) is 0 Å². The van der Waals surface area contributed by atoms with E-state index in [4.69, 9.17) is 26.8 Å². The van der Waals surface area contributed by atoms with Crippen LogP contribution in [0.4, 0.5) is 0 Å². The van der Waals surface area contributed by atoms with Crippen molar-refractivity contribution in [1.29, 1.82) is 0 Å². The van der Waals surface area contributed by atoms with Crippen LogP contribution in [0.15, 0.2) is 6.07 Å². The highest BCUT2D eigenvalue weighted by Crippen LogP contribution is 2.45. The van der Waals surface area contributed by atoms with Crippen LogP contribution in [0, 0.1) is 0 Å². The zero-order valence-corrected chi connectivity index (χ0v) is 11.9. The van der Waals surface area contributed by atoms with Crippen LogP contribution in [0.1, 0.15) is 37.3 Å². The highest BCUT2D eigenvalue weighted by atomic mass is 35.5. The molecule has 2 N–H and O–H groups in total. The lowest BCUT2D eigenvalue weighted by Crippen LogP contribution is -2.06. The van der Waals surface area contributed by atoms with Gasteiger partial charge in [-0.05, 0) is 37.4 Å². The Kier molecular flexibility index (Phi) is 4.03. The molecule has 18 heavy (non-hydrogen) atoms. The van der Waals surface area contributed by atoms with Gasteiger partial charge in [-0.1, -0.05) is 18.5 Å². The molecule has 0 bridgehead atoms. The predicted molar refractivity (Wildman–Crippen MR) is 73.9 cm³/mol. The Hall–Kier alpha value is -0.930. The lowest BCUT2D eigenvalue weighted by Gasteiger charge is -2.17. The van der Waals surface area contributed by atoms with Gasteiger partial charge in [0.25, 0.3) is 0 Å². The second-order valence-corrected chi connectivity index (χ2v) is 5.28. The largest absolute Gasteiger partial charge is 0.493 e. The summed E-state index contributed by atoms with van der Waals surface area (Å²) in [5.74, 6) is 1.91. The van der Waals surface area contributed by atoms with Gasteiger partial charge in [-0.3, -0.25) is 0 Å². The molecule has 1 heterocycles. The first-order valence-electron chi connectivity index (χ1n) is 6.34. The van der Waals surface area contributed by atoms with E-state index in [2.05, 4.69) is 6.92 Å². The van der Waals surface area contributed by atoms with E-state index in [0.29, 0.717) is 12.5 Å². The number of hydrogen-bond acceptors (Lipinski definition) is 3. The molecule has 3 nitrogen and oxygen atoms in total. The third-order valence-electron chi connectivity index (χ3n) is 3.46. The van der Waals surface area contributed by atoms with Crippen LogP contribution in [0.2, 0.25) is 5.02 Å². The highest BCUT2D eigenvalue weighted by Gasteiger charge is 2.28. The van der Waals surface area contributed by atoms with Gasteiger partial charge in [0.2, 0.25) is 0 Å². The third-order valence-corrected chi connectivity index (χ3v) is 3.91. The summed E-state index contributed by atoms with van der Waals surface area (Å²) in [7, 11) is 1.66. The first-order chi connectivity index (χ1) is 8.58. The molecule has 0 fully saturated rings. The maximum Gasteiger partial charge on any atom is 0.166 e. The minimum absolute atomic E-state index is 0.159. The second-order valence-electron chi connectivity index (χ2n) is 4.90. The van der Waals surface area contributed by atoms with E-state index in [1.54, 1.807) is 7.11 Å². The summed E-state index contributed by atoms with van der Waals surface area (Å²) in [6.07, 6.45) is 1.91. The van der Waals surface area contributed by atoms with E-state index in [-0.39, 0.29) is 6.10 Å². The van der Waals surface area contributed by atoms with Crippen molar-refractivity contribution in [3.8, 4) is 11.5 Å². The lowest BCUT2D eigenvalue weighted by molar-refractivity contribution is 0.243. The van der Waals surface area contributed by atoms with E-state index in [1.807, 2.05) is 13.0 Å². The Bertz CT molecular complexity index is 448. The Balaban J connectivity index is 2.47. The maximum atomic E-state index is 6.50. The number of benzene rings is 1. The summed E-state index contributed by atoms with van der Waals surface area (Å²) in [5, 5.41) is 0.816. The van der Waals surface area contributed by atoms with Crippen LogP contribution < -0.4 is 15.2 Å². The fourth-order valence-corrected chi connectivity index (χ4v) is 2.85. The normalized spacial score (nSPS) is 19.3. The molecule has 1 aliphatic heterocycles. The number of halogens is 1. The zero-order valence-electron chi connectivity index (χ0n) is 11.1. The van der Waals surface area contributed by atoms with Gasteiger partial charge in [-0.25, -0.2) is 0 Å². The van der Waals surface area contributed by atoms with Gasteiger partial charge in [0.05, 0.1) is 12.1 Å². The van der Waals surface area contributed by atoms with Crippen molar-refractivity contribution < 1.29 is 9.47 Å². The van der Waals surface area contributed by atoms with E-state index in [0.717, 1.165) is 40.5 Å². The van der Waals surface area contributed by atoms with Gasteiger partial charge in [0.1, 0.15) is 6.10 Å². The maximum absolute atomic E-state index is 6.50. The summed E-state index contributed by atoms with van der Waals surface area (Å²) >= 11 is 6.50. The molecule has 1 aromatic carbocycles. The van der Waals surface area contributed by atoms with Crippen molar-refractivity contribution in [2.45, 2.75) is 38.7 Å². The van der Waals surface area contributed by atoms with Crippen LogP contribution in [-0.4, -0.2) is 19.8 Å². The molecule has 0 spiro atoms. The molecule has 0 saturated heterocycles. The van der Waals surface area contributed by atoms with Crippen LogP contribution in [-0.2, 0) is 6.42 Å². The van der Waals surface area contributed by atoms with Crippen molar-refractivity contribution in [1.82, 2.24) is 0 Å². The van der Waals surface area contributed by atoms with E-state index >= 15 is 0 Å². The van der Waals surface area contributed by atoms with Gasteiger partial charge in [0.15, 0.2) is 11.5 Å². The minimum Gasteiger partial charge on any atom is -0.493 e. The highest BCUT2D eigenvalue weighted by molar-refractivity contribution is 6.32. The molecule has 0 radical (unpaired) electrons. The van der Waals surface area contributed by atoms with Crippen molar-refractivity contribution in [2.24, 2.45) is 5.73 Å². The number of fused-ring (bicyclic) bond motifs is 1. The van der Waals surface area contributed by atoms with Crippen LogP contribution in [0.5, 0.6) is 11.5 Å². The molecule has 0 aromatic heterocycles. The van der Waals surface area contributed by atoms with E-state index < -0.39 is 0 Å². The van der Waals surface area contributed by atoms with Crippen LogP contribution >= 0.6 is 11.6 Å². The zero-order chi connectivity index (χ0) is 13.3. The molecular formula is C14H20ClNO2. The Labute approximate surface area is 113 Å². The molecule has 1 aromatic rings. The van der Waals surface area contributed by atoms with Gasteiger partial charge >= 0.3 is 0 Å². The van der Waals surface area contributed by atoms with Gasteiger partial charge in [-0.2, -0.15) is 0 Å². The molecular weight excluding hydrogens is 250 g/mol. The van der Waals surface area contributed by atoms with Crippen molar-refractivity contribution in [3.05, 3.63) is 22.2 Å². The van der Waals surface area contributed by atoms with Gasteiger partial charge in [0, 0.05) is 12.0 Å². The molecule has 1 aliphatic rings. The molecule has 0 saturated carbocycles. The number of nitrogens with two attached hydrogens (primary N) is 1. The Morgan fingerprint density at radius 3 is 2.94 bits per heavy atom. The molecule has 2 atom stereocenters. The first-order valence-corrected chi connectivity index (χ1v) is 6.72. The standard InChI is InChI=1S/C14H20ClNO2/c1-8(4-5-16)10-7-12(17-3)14-11(13(10)15)6-9(2)18-14/h7-9H,4-6,16H2,1-3H3. The fourth-order valence-electron chi connectivity index (χ4n) is 2.45. The molecule has 0 aliphatic carbocycles. The lowest BCUT2D eigenvalue weighted by atomic mass is 9.94. The fraction of sp³-hybridized carbons (Fsp3) is 0.571. The Morgan fingerprint density at radius 1 is 1.61 bits per heavy atom. The summed E-state index contributed by atoms with van der Waals surface area (Å²) in [4.78, 5) is 0. The summed E-state index contributed by atoms with van der Waals surface area (Å²) in [5.41, 5.74) is 7.80. The number of ether oxygens (including phenoxy) is 2. The molecule has 0 amide bonds. The third kappa shape index (κ3) is 2.29. The second kappa shape index (κ2) is 5.37. The van der Waals surface area contributed by atoms with Gasteiger partial charge < -0.3 is 15.2 Å². The van der Waals surface area contributed by atoms with E-state index in [1.165, 1.54) is 0 Å². The monoisotopic (exact) mass is 269 g/mol. The van der Waals surface area contributed by atoms with Crippen molar-refractivity contribution in [2.75, 3.05) is 13.7 Å². The summed E-state index contributed by atoms with van der Waals surface area (Å²) < 4.78 is 11.2. The average Bonchev–Trinajstić information content (AvgIpc) is 2.72. The van der Waals surface area contributed by atoms with Crippen LogP contribution in [0.25, 0.3) is 0 Å². The summed E-state index contributed by atoms with van der Waals surface area (Å²) in [6, 6.07) is 1.99. The van der Waals surface area contributed by atoms with Crippen molar-refractivity contribution >= 4 is 11.6 Å². The minimum atomic E-state index is 0.159. The average molecular weight is 270 g/mol. The molecule has 4 heteroatoms. The van der Waals surface area contributed by atoms with Crippen LogP contribution in [0.3, 0.4) is 0 Å². The molecule has 2 rings (SSSR count). The van der Waals surface area contributed by atoms with Crippen molar-refractivity contribution in [3.63, 3.8) is 0 Å². The first kappa shape index (κ1) is 13.5. The van der Waals surface area contributed by atoms with Gasteiger partial charge in [-0.15, -0.1) is 0 Å².